The summed E-state index contributed by atoms with van der Waals surface area (Å²) in [6, 6.07) is 2.85. The number of hydrogen-bond donors (Lipinski definition) is 1. The SMILES string of the molecule is CNCc1c(Cl)ccc(S(=O)(=O)N(C)C(C)C)c1Cl. The van der Waals surface area contributed by atoms with Gasteiger partial charge in [0.1, 0.15) is 4.90 Å². The van der Waals surface area contributed by atoms with E-state index in [1.165, 1.54) is 17.4 Å². The average molecular weight is 325 g/mol. The average Bonchev–Trinajstić information content (AvgIpc) is 2.32. The molecule has 1 rings (SSSR count). The fraction of sp³-hybridized carbons (Fsp3) is 0.500. The van der Waals surface area contributed by atoms with Crippen LogP contribution in [-0.4, -0.2) is 32.9 Å². The molecule has 0 aliphatic carbocycles. The van der Waals surface area contributed by atoms with Crippen LogP contribution in [-0.2, 0) is 16.6 Å². The number of hydrogen-bond acceptors (Lipinski definition) is 3. The van der Waals surface area contributed by atoms with Crippen LogP contribution in [0.25, 0.3) is 0 Å². The van der Waals surface area contributed by atoms with Crippen molar-refractivity contribution in [1.82, 2.24) is 9.62 Å². The summed E-state index contributed by atoms with van der Waals surface area (Å²) in [4.78, 5) is 0.0833. The summed E-state index contributed by atoms with van der Waals surface area (Å²) in [6.45, 7) is 4.01. The third kappa shape index (κ3) is 3.41. The third-order valence-corrected chi connectivity index (χ3v) is 5.86. The number of halogens is 2. The summed E-state index contributed by atoms with van der Waals surface area (Å²) in [5.74, 6) is 0. The number of nitrogens with one attached hydrogen (secondary N) is 1. The maximum Gasteiger partial charge on any atom is 0.244 e. The van der Waals surface area contributed by atoms with Crippen molar-refractivity contribution in [3.63, 3.8) is 0 Å². The maximum atomic E-state index is 12.4. The van der Waals surface area contributed by atoms with Gasteiger partial charge in [0.15, 0.2) is 0 Å². The Labute approximate surface area is 124 Å². The fourth-order valence-corrected chi connectivity index (χ4v) is 3.80. The Morgan fingerprint density at radius 2 is 1.89 bits per heavy atom. The minimum Gasteiger partial charge on any atom is -0.316 e. The summed E-state index contributed by atoms with van der Waals surface area (Å²) in [5, 5.41) is 3.54. The maximum absolute atomic E-state index is 12.4. The first-order valence-corrected chi connectivity index (χ1v) is 8.02. The molecule has 0 heterocycles. The molecule has 0 aromatic heterocycles. The van der Waals surface area contributed by atoms with Gasteiger partial charge < -0.3 is 5.32 Å². The Kier molecular flexibility index (Phi) is 5.65. The first-order valence-electron chi connectivity index (χ1n) is 5.83. The van der Waals surface area contributed by atoms with E-state index in [1.807, 2.05) is 0 Å². The van der Waals surface area contributed by atoms with Crippen molar-refractivity contribution < 1.29 is 8.42 Å². The van der Waals surface area contributed by atoms with E-state index in [9.17, 15) is 8.42 Å². The molecule has 1 aromatic carbocycles. The van der Waals surface area contributed by atoms with Gasteiger partial charge in [-0.15, -0.1) is 0 Å². The minimum atomic E-state index is -3.61. The topological polar surface area (TPSA) is 49.4 Å². The predicted molar refractivity (Wildman–Crippen MR) is 79.3 cm³/mol. The second-order valence-electron chi connectivity index (χ2n) is 4.48. The molecule has 0 atom stereocenters. The van der Waals surface area contributed by atoms with Gasteiger partial charge in [-0.1, -0.05) is 23.2 Å². The van der Waals surface area contributed by atoms with E-state index in [2.05, 4.69) is 5.32 Å². The van der Waals surface area contributed by atoms with E-state index in [0.29, 0.717) is 17.1 Å². The summed E-state index contributed by atoms with van der Waals surface area (Å²) in [5.41, 5.74) is 0.587. The highest BCUT2D eigenvalue weighted by Crippen LogP contribution is 2.32. The molecule has 0 amide bonds. The lowest BCUT2D eigenvalue weighted by Crippen LogP contribution is -2.33. The summed E-state index contributed by atoms with van der Waals surface area (Å²) >= 11 is 12.2. The molecule has 0 saturated heterocycles. The highest BCUT2D eigenvalue weighted by Gasteiger charge is 2.27. The summed E-state index contributed by atoms with van der Waals surface area (Å²) < 4.78 is 26.2. The van der Waals surface area contributed by atoms with Crippen molar-refractivity contribution in [1.29, 1.82) is 0 Å². The molecule has 1 N–H and O–H groups in total. The molecule has 0 aliphatic rings. The quantitative estimate of drug-likeness (QED) is 0.906. The zero-order chi connectivity index (χ0) is 14.8. The zero-order valence-corrected chi connectivity index (χ0v) is 13.7. The van der Waals surface area contributed by atoms with Gasteiger partial charge in [-0.3, -0.25) is 0 Å². The van der Waals surface area contributed by atoms with E-state index in [-0.39, 0.29) is 16.0 Å². The highest BCUT2D eigenvalue weighted by molar-refractivity contribution is 7.89. The third-order valence-electron chi connectivity index (χ3n) is 2.89. The number of benzene rings is 1. The lowest BCUT2D eigenvalue weighted by molar-refractivity contribution is 0.410. The minimum absolute atomic E-state index is 0.0833. The van der Waals surface area contributed by atoms with Gasteiger partial charge >= 0.3 is 0 Å². The Balaban J connectivity index is 3.41. The predicted octanol–water partition coefficient (Wildman–Crippen LogP) is 2.74. The number of nitrogens with zero attached hydrogens (tertiary/aromatic N) is 1. The molecule has 0 radical (unpaired) electrons. The van der Waals surface area contributed by atoms with Crippen LogP contribution in [0.15, 0.2) is 17.0 Å². The molecule has 108 valence electrons. The van der Waals surface area contributed by atoms with Crippen LogP contribution in [0, 0.1) is 0 Å². The standard InChI is InChI=1S/C12H18Cl2N2O2S/c1-8(2)16(4)19(17,18)11-6-5-10(13)9(7-15-3)12(11)14/h5-6,8,15H,7H2,1-4H3. The number of sulfonamides is 1. The van der Waals surface area contributed by atoms with Crippen molar-refractivity contribution in [3.8, 4) is 0 Å². The molecule has 0 bridgehead atoms. The summed E-state index contributed by atoms with van der Waals surface area (Å²) in [6.07, 6.45) is 0. The molecule has 0 spiro atoms. The van der Waals surface area contributed by atoms with Gasteiger partial charge in [0.2, 0.25) is 10.0 Å². The lowest BCUT2D eigenvalue weighted by Gasteiger charge is -2.22. The van der Waals surface area contributed by atoms with E-state index in [0.717, 1.165) is 0 Å². The van der Waals surface area contributed by atoms with E-state index in [1.54, 1.807) is 27.0 Å². The second kappa shape index (κ2) is 6.41. The van der Waals surface area contributed by atoms with Crippen molar-refractivity contribution in [2.75, 3.05) is 14.1 Å². The smallest absolute Gasteiger partial charge is 0.244 e. The Morgan fingerprint density at radius 3 is 2.37 bits per heavy atom. The number of rotatable bonds is 5. The molecular weight excluding hydrogens is 307 g/mol. The molecule has 0 saturated carbocycles. The second-order valence-corrected chi connectivity index (χ2v) is 7.23. The first-order chi connectivity index (χ1) is 8.73. The van der Waals surface area contributed by atoms with Crippen molar-refractivity contribution >= 4 is 33.2 Å². The largest absolute Gasteiger partial charge is 0.316 e. The zero-order valence-electron chi connectivity index (χ0n) is 11.4. The van der Waals surface area contributed by atoms with Crippen LogP contribution in [0.3, 0.4) is 0 Å². The normalized spacial score (nSPS) is 12.4. The highest BCUT2D eigenvalue weighted by atomic mass is 35.5. The summed E-state index contributed by atoms with van der Waals surface area (Å²) in [7, 11) is -0.337. The van der Waals surface area contributed by atoms with Crippen LogP contribution in [0.2, 0.25) is 10.0 Å². The molecule has 0 unspecified atom stereocenters. The van der Waals surface area contributed by atoms with Gasteiger partial charge in [-0.05, 0) is 33.0 Å². The lowest BCUT2D eigenvalue weighted by atomic mass is 10.2. The van der Waals surface area contributed by atoms with Gasteiger partial charge in [0.05, 0.1) is 5.02 Å². The molecule has 19 heavy (non-hydrogen) atoms. The van der Waals surface area contributed by atoms with Gasteiger partial charge in [-0.25, -0.2) is 8.42 Å². The molecule has 1 aromatic rings. The molecule has 7 heteroatoms. The van der Waals surface area contributed by atoms with Crippen LogP contribution in [0.5, 0.6) is 0 Å². The van der Waals surface area contributed by atoms with Gasteiger partial charge in [0.25, 0.3) is 0 Å². The van der Waals surface area contributed by atoms with Gasteiger partial charge in [-0.2, -0.15) is 4.31 Å². The van der Waals surface area contributed by atoms with E-state index < -0.39 is 10.0 Å². The van der Waals surface area contributed by atoms with Crippen molar-refractivity contribution in [2.24, 2.45) is 0 Å². The van der Waals surface area contributed by atoms with Crippen LogP contribution in [0.1, 0.15) is 19.4 Å². The Bertz CT molecular complexity index is 559. The molecular formula is C12H18Cl2N2O2S. The van der Waals surface area contributed by atoms with E-state index in [4.69, 9.17) is 23.2 Å². The Hall–Kier alpha value is -0.330. The van der Waals surface area contributed by atoms with Gasteiger partial charge in [0, 0.05) is 30.2 Å². The molecule has 0 aliphatic heterocycles. The van der Waals surface area contributed by atoms with E-state index >= 15 is 0 Å². The van der Waals surface area contributed by atoms with Crippen LogP contribution >= 0.6 is 23.2 Å². The Morgan fingerprint density at radius 1 is 1.32 bits per heavy atom. The van der Waals surface area contributed by atoms with Crippen molar-refractivity contribution in [2.45, 2.75) is 31.3 Å². The monoisotopic (exact) mass is 324 g/mol. The fourth-order valence-electron chi connectivity index (χ4n) is 1.55. The van der Waals surface area contributed by atoms with Crippen molar-refractivity contribution in [3.05, 3.63) is 27.7 Å². The molecule has 4 nitrogen and oxygen atoms in total. The molecule has 0 fully saturated rings. The first kappa shape index (κ1) is 16.7. The van der Waals surface area contributed by atoms with Crippen LogP contribution < -0.4 is 5.32 Å². The van der Waals surface area contributed by atoms with Crippen LogP contribution in [0.4, 0.5) is 0 Å².